The van der Waals surface area contributed by atoms with E-state index in [1.807, 2.05) is 29.5 Å². The number of hydrogen-bond acceptors (Lipinski definition) is 4. The van der Waals surface area contributed by atoms with E-state index in [2.05, 4.69) is 39.1 Å². The molecule has 5 heteroatoms. The summed E-state index contributed by atoms with van der Waals surface area (Å²) in [7, 11) is 0. The van der Waals surface area contributed by atoms with Crippen molar-refractivity contribution in [2.24, 2.45) is 0 Å². The highest BCUT2D eigenvalue weighted by molar-refractivity contribution is 7.09. The summed E-state index contributed by atoms with van der Waals surface area (Å²) in [6, 6.07) is 12.8. The third-order valence-corrected chi connectivity index (χ3v) is 5.33. The summed E-state index contributed by atoms with van der Waals surface area (Å²) in [6.45, 7) is 4.99. The lowest BCUT2D eigenvalue weighted by molar-refractivity contribution is -0.114. The van der Waals surface area contributed by atoms with Crippen LogP contribution in [0.1, 0.15) is 24.6 Å². The van der Waals surface area contributed by atoms with Crippen molar-refractivity contribution in [1.82, 2.24) is 4.90 Å². The van der Waals surface area contributed by atoms with Gasteiger partial charge in [-0.25, -0.2) is 0 Å². The van der Waals surface area contributed by atoms with Gasteiger partial charge in [-0.05, 0) is 48.9 Å². The highest BCUT2D eigenvalue weighted by Gasteiger charge is 2.18. The maximum Gasteiger partial charge on any atom is 0.221 e. The van der Waals surface area contributed by atoms with Crippen molar-refractivity contribution in [3.63, 3.8) is 0 Å². The molecule has 3 rings (SSSR count). The molecule has 2 N–H and O–H groups in total. The van der Waals surface area contributed by atoms with E-state index in [4.69, 9.17) is 0 Å². The van der Waals surface area contributed by atoms with Gasteiger partial charge in [0, 0.05) is 48.9 Å². The van der Waals surface area contributed by atoms with Gasteiger partial charge in [0.25, 0.3) is 0 Å². The van der Waals surface area contributed by atoms with Crippen LogP contribution in [0.25, 0.3) is 0 Å². The maximum atomic E-state index is 11.2. The molecular weight excluding hydrogens is 318 g/mol. The van der Waals surface area contributed by atoms with Gasteiger partial charge in [-0.15, -0.1) is 11.3 Å². The van der Waals surface area contributed by atoms with Crippen molar-refractivity contribution < 1.29 is 4.79 Å². The fraction of sp³-hybridized carbons (Fsp3) is 0.421. The largest absolute Gasteiger partial charge is 0.382 e. The Kier molecular flexibility index (Phi) is 5.88. The smallest absolute Gasteiger partial charge is 0.221 e. The zero-order chi connectivity index (χ0) is 16.8. The quantitative estimate of drug-likeness (QED) is 0.838. The second-order valence-electron chi connectivity index (χ2n) is 6.35. The Hall–Kier alpha value is -1.85. The van der Waals surface area contributed by atoms with Crippen LogP contribution in [0.4, 0.5) is 11.4 Å². The molecule has 0 saturated carbocycles. The van der Waals surface area contributed by atoms with E-state index >= 15 is 0 Å². The summed E-state index contributed by atoms with van der Waals surface area (Å²) in [5.41, 5.74) is 1.93. The molecule has 1 fully saturated rings. The van der Waals surface area contributed by atoms with Crippen LogP contribution < -0.4 is 10.6 Å². The molecule has 1 aliphatic heterocycles. The second kappa shape index (κ2) is 8.31. The fourth-order valence-corrected chi connectivity index (χ4v) is 3.85. The summed E-state index contributed by atoms with van der Waals surface area (Å²) in [5.74, 6) is -0.0359. The van der Waals surface area contributed by atoms with E-state index in [0.717, 1.165) is 50.3 Å². The lowest BCUT2D eigenvalue weighted by atomic mass is 10.0. The molecule has 2 aromatic rings. The summed E-state index contributed by atoms with van der Waals surface area (Å²) < 4.78 is 0. The van der Waals surface area contributed by atoms with Crippen molar-refractivity contribution in [2.75, 3.05) is 30.3 Å². The van der Waals surface area contributed by atoms with Crippen LogP contribution in [-0.2, 0) is 11.2 Å². The molecule has 0 unspecified atom stereocenters. The number of nitrogens with zero attached hydrogens (tertiary/aromatic N) is 1. The van der Waals surface area contributed by atoms with Gasteiger partial charge < -0.3 is 15.5 Å². The van der Waals surface area contributed by atoms with E-state index in [0.29, 0.717) is 6.04 Å². The third-order valence-electron chi connectivity index (χ3n) is 4.40. The maximum absolute atomic E-state index is 11.2. The Morgan fingerprint density at radius 3 is 2.71 bits per heavy atom. The van der Waals surface area contributed by atoms with Crippen molar-refractivity contribution in [1.29, 1.82) is 0 Å². The van der Waals surface area contributed by atoms with E-state index in [9.17, 15) is 4.79 Å². The van der Waals surface area contributed by atoms with Crippen LogP contribution in [0.2, 0.25) is 0 Å². The minimum Gasteiger partial charge on any atom is -0.382 e. The Bertz CT molecular complexity index is 648. The van der Waals surface area contributed by atoms with Gasteiger partial charge in [-0.3, -0.25) is 4.79 Å². The molecule has 24 heavy (non-hydrogen) atoms. The number of benzene rings is 1. The summed E-state index contributed by atoms with van der Waals surface area (Å²) >= 11 is 1.85. The average molecular weight is 343 g/mol. The normalized spacial score (nSPS) is 16.0. The van der Waals surface area contributed by atoms with Gasteiger partial charge in [0.2, 0.25) is 5.91 Å². The number of carbonyl (C=O) groups excluding carboxylic acids is 1. The molecule has 128 valence electrons. The Labute approximate surface area is 147 Å². The number of anilines is 2. The molecule has 0 spiro atoms. The van der Waals surface area contributed by atoms with Crippen molar-refractivity contribution in [2.45, 2.75) is 32.2 Å². The Balaban J connectivity index is 1.44. The molecule has 1 aromatic carbocycles. The molecule has 1 aromatic heterocycles. The molecule has 0 radical (unpaired) electrons. The number of nitrogens with one attached hydrogen (secondary N) is 2. The molecule has 0 aliphatic carbocycles. The second-order valence-corrected chi connectivity index (χ2v) is 7.38. The van der Waals surface area contributed by atoms with Gasteiger partial charge in [0.1, 0.15) is 0 Å². The van der Waals surface area contributed by atoms with Crippen molar-refractivity contribution in [3.8, 4) is 0 Å². The minimum atomic E-state index is -0.0359. The molecule has 4 nitrogen and oxygen atoms in total. The molecule has 1 aliphatic rings. The Morgan fingerprint density at radius 2 is 2.00 bits per heavy atom. The van der Waals surface area contributed by atoms with Crippen LogP contribution in [0, 0.1) is 0 Å². The Morgan fingerprint density at radius 1 is 1.21 bits per heavy atom. The topological polar surface area (TPSA) is 44.4 Å². The summed E-state index contributed by atoms with van der Waals surface area (Å²) in [4.78, 5) is 15.2. The van der Waals surface area contributed by atoms with E-state index in [-0.39, 0.29) is 5.91 Å². The lowest BCUT2D eigenvalue weighted by Crippen LogP contribution is -2.39. The standard InChI is InChI=1S/C19H25N3OS/c1-15(23)20-17-4-2-5-18(14-17)21-16-7-10-22(11-8-16)12-9-19-6-3-13-24-19/h2-6,13-14,16,21H,7-12H2,1H3,(H,20,23). The van der Waals surface area contributed by atoms with Crippen LogP contribution >= 0.6 is 11.3 Å². The van der Waals surface area contributed by atoms with Crippen molar-refractivity contribution in [3.05, 3.63) is 46.7 Å². The monoisotopic (exact) mass is 343 g/mol. The summed E-state index contributed by atoms with van der Waals surface area (Å²) in [6.07, 6.45) is 3.48. The number of likely N-dealkylation sites (tertiary alicyclic amines) is 1. The van der Waals surface area contributed by atoms with Crippen LogP contribution in [-0.4, -0.2) is 36.5 Å². The van der Waals surface area contributed by atoms with Gasteiger partial charge >= 0.3 is 0 Å². The van der Waals surface area contributed by atoms with Crippen molar-refractivity contribution >= 4 is 28.6 Å². The van der Waals surface area contributed by atoms with Crippen LogP contribution in [0.5, 0.6) is 0 Å². The molecule has 1 amide bonds. The first-order valence-electron chi connectivity index (χ1n) is 8.58. The summed E-state index contributed by atoms with van der Waals surface area (Å²) in [5, 5.41) is 8.60. The molecule has 0 atom stereocenters. The highest BCUT2D eigenvalue weighted by atomic mass is 32.1. The number of piperidine rings is 1. The average Bonchev–Trinajstić information content (AvgIpc) is 3.07. The predicted octanol–water partition coefficient (Wildman–Crippen LogP) is 3.83. The number of carbonyl (C=O) groups is 1. The first kappa shape index (κ1) is 17.0. The van der Waals surface area contributed by atoms with E-state index < -0.39 is 0 Å². The first-order valence-corrected chi connectivity index (χ1v) is 9.46. The zero-order valence-corrected chi connectivity index (χ0v) is 14.9. The lowest BCUT2D eigenvalue weighted by Gasteiger charge is -2.32. The number of thiophene rings is 1. The van der Waals surface area contributed by atoms with Crippen LogP contribution in [0.15, 0.2) is 41.8 Å². The molecule has 1 saturated heterocycles. The van der Waals surface area contributed by atoms with Gasteiger partial charge in [-0.1, -0.05) is 12.1 Å². The van der Waals surface area contributed by atoms with E-state index in [1.54, 1.807) is 0 Å². The first-order chi connectivity index (χ1) is 11.7. The van der Waals surface area contributed by atoms with Crippen LogP contribution in [0.3, 0.4) is 0 Å². The molecule has 0 bridgehead atoms. The highest BCUT2D eigenvalue weighted by Crippen LogP contribution is 2.20. The van der Waals surface area contributed by atoms with Gasteiger partial charge in [0.05, 0.1) is 0 Å². The SMILES string of the molecule is CC(=O)Nc1cccc(NC2CCN(CCc3cccs3)CC2)c1. The number of hydrogen-bond donors (Lipinski definition) is 2. The number of rotatable bonds is 6. The zero-order valence-electron chi connectivity index (χ0n) is 14.1. The van der Waals surface area contributed by atoms with Gasteiger partial charge in [0.15, 0.2) is 0 Å². The predicted molar refractivity (Wildman–Crippen MR) is 102 cm³/mol. The van der Waals surface area contributed by atoms with Gasteiger partial charge in [-0.2, -0.15) is 0 Å². The van der Waals surface area contributed by atoms with E-state index in [1.165, 1.54) is 11.8 Å². The molecule has 2 heterocycles. The third kappa shape index (κ3) is 5.08. The fourth-order valence-electron chi connectivity index (χ4n) is 3.15. The number of amides is 1. The minimum absolute atomic E-state index is 0.0359. The molecular formula is C19H25N3OS.